The summed E-state index contributed by atoms with van der Waals surface area (Å²) in [5.74, 6) is -0.704. The van der Waals surface area contributed by atoms with Gasteiger partial charge in [-0.2, -0.15) is 0 Å². The largest absolute Gasteiger partial charge is 0.465 e. The summed E-state index contributed by atoms with van der Waals surface area (Å²) in [7, 11) is 1.21. The summed E-state index contributed by atoms with van der Waals surface area (Å²) >= 11 is 5.68. The van der Waals surface area contributed by atoms with E-state index in [4.69, 9.17) is 11.6 Å². The number of aromatic nitrogens is 2. The molecule has 6 heteroatoms. The van der Waals surface area contributed by atoms with E-state index >= 15 is 0 Å². The SMILES string of the molecule is COC(=O)c1c[nH]c2ccc(Cl)nc2c1=O. The number of hydrogen-bond acceptors (Lipinski definition) is 4. The van der Waals surface area contributed by atoms with Gasteiger partial charge in [0.15, 0.2) is 0 Å². The van der Waals surface area contributed by atoms with E-state index in [1.807, 2.05) is 0 Å². The number of esters is 1. The summed E-state index contributed by atoms with van der Waals surface area (Å²) < 4.78 is 4.48. The smallest absolute Gasteiger partial charge is 0.343 e. The third-order valence-electron chi connectivity index (χ3n) is 2.10. The lowest BCUT2D eigenvalue weighted by molar-refractivity contribution is 0.0599. The van der Waals surface area contributed by atoms with E-state index in [-0.39, 0.29) is 16.2 Å². The maximum absolute atomic E-state index is 11.8. The second-order valence-electron chi connectivity index (χ2n) is 3.05. The van der Waals surface area contributed by atoms with Crippen LogP contribution in [0.15, 0.2) is 23.1 Å². The van der Waals surface area contributed by atoms with Gasteiger partial charge in [0, 0.05) is 6.20 Å². The second kappa shape index (κ2) is 3.94. The zero-order chi connectivity index (χ0) is 11.7. The number of pyridine rings is 2. The molecule has 0 aliphatic heterocycles. The van der Waals surface area contributed by atoms with Crippen LogP contribution in [0.5, 0.6) is 0 Å². The Labute approximate surface area is 95.0 Å². The number of carbonyl (C=O) groups excluding carboxylic acids is 1. The second-order valence-corrected chi connectivity index (χ2v) is 3.44. The zero-order valence-corrected chi connectivity index (χ0v) is 9.04. The van der Waals surface area contributed by atoms with Gasteiger partial charge in [-0.15, -0.1) is 0 Å². The van der Waals surface area contributed by atoms with Gasteiger partial charge in [0.25, 0.3) is 0 Å². The van der Waals surface area contributed by atoms with Crippen molar-refractivity contribution in [1.29, 1.82) is 0 Å². The fourth-order valence-electron chi connectivity index (χ4n) is 1.33. The Bertz CT molecular complexity index is 621. The molecule has 0 saturated carbocycles. The molecule has 5 nitrogen and oxygen atoms in total. The van der Waals surface area contributed by atoms with Crippen molar-refractivity contribution in [2.24, 2.45) is 0 Å². The summed E-state index contributed by atoms with van der Waals surface area (Å²) in [5.41, 5.74) is 0.0466. The highest BCUT2D eigenvalue weighted by molar-refractivity contribution is 6.29. The molecule has 0 bridgehead atoms. The number of ether oxygens (including phenoxy) is 1. The van der Waals surface area contributed by atoms with Gasteiger partial charge >= 0.3 is 5.97 Å². The Morgan fingerprint density at radius 1 is 1.50 bits per heavy atom. The molecule has 0 aliphatic carbocycles. The van der Waals surface area contributed by atoms with Crippen molar-refractivity contribution < 1.29 is 9.53 Å². The Balaban J connectivity index is 2.78. The lowest BCUT2D eigenvalue weighted by Gasteiger charge is -2.01. The Morgan fingerprint density at radius 3 is 2.94 bits per heavy atom. The summed E-state index contributed by atoms with van der Waals surface area (Å²) in [5, 5.41) is 0.194. The third-order valence-corrected chi connectivity index (χ3v) is 2.31. The Morgan fingerprint density at radius 2 is 2.25 bits per heavy atom. The monoisotopic (exact) mass is 238 g/mol. The molecule has 2 aromatic rings. The highest BCUT2D eigenvalue weighted by Crippen LogP contribution is 2.10. The number of nitrogens with zero attached hydrogens (tertiary/aromatic N) is 1. The maximum Gasteiger partial charge on any atom is 0.343 e. The van der Waals surface area contributed by atoms with Crippen molar-refractivity contribution in [3.63, 3.8) is 0 Å². The Kier molecular flexibility index (Phi) is 2.62. The molecule has 2 rings (SSSR count). The van der Waals surface area contributed by atoms with E-state index in [2.05, 4.69) is 14.7 Å². The van der Waals surface area contributed by atoms with Gasteiger partial charge in [0.1, 0.15) is 16.2 Å². The molecule has 0 radical (unpaired) electrons. The minimum atomic E-state index is -0.704. The summed E-state index contributed by atoms with van der Waals surface area (Å²) in [6.45, 7) is 0. The number of halogens is 1. The fourth-order valence-corrected chi connectivity index (χ4v) is 1.48. The first-order chi connectivity index (χ1) is 7.63. The molecule has 0 unspecified atom stereocenters. The number of H-pyrrole nitrogens is 1. The van der Waals surface area contributed by atoms with Crippen LogP contribution in [0.3, 0.4) is 0 Å². The average Bonchev–Trinajstić information content (AvgIpc) is 2.29. The van der Waals surface area contributed by atoms with E-state index in [9.17, 15) is 9.59 Å². The van der Waals surface area contributed by atoms with Crippen molar-refractivity contribution in [2.45, 2.75) is 0 Å². The van der Waals surface area contributed by atoms with Crippen molar-refractivity contribution in [3.05, 3.63) is 39.3 Å². The van der Waals surface area contributed by atoms with E-state index in [0.29, 0.717) is 5.52 Å². The highest BCUT2D eigenvalue weighted by atomic mass is 35.5. The molecule has 2 heterocycles. The van der Waals surface area contributed by atoms with E-state index in [1.165, 1.54) is 13.3 Å². The van der Waals surface area contributed by atoms with Crippen LogP contribution in [-0.4, -0.2) is 23.0 Å². The first-order valence-electron chi connectivity index (χ1n) is 4.39. The van der Waals surface area contributed by atoms with Crippen LogP contribution >= 0.6 is 11.6 Å². The van der Waals surface area contributed by atoms with E-state index in [0.717, 1.165) is 0 Å². The standard InChI is InChI=1S/C10H7ClN2O3/c1-16-10(15)5-4-12-6-2-3-7(11)13-8(6)9(5)14/h2-4H,1H3,(H,12,14). The molecular weight excluding hydrogens is 232 g/mol. The van der Waals surface area contributed by atoms with Crippen LogP contribution < -0.4 is 5.43 Å². The molecule has 2 aromatic heterocycles. The number of fused-ring (bicyclic) bond motifs is 1. The van der Waals surface area contributed by atoms with Crippen LogP contribution in [0, 0.1) is 0 Å². The minimum absolute atomic E-state index is 0.0928. The molecule has 0 aliphatic rings. The molecule has 0 spiro atoms. The molecule has 16 heavy (non-hydrogen) atoms. The molecular formula is C10H7ClN2O3. The molecule has 82 valence electrons. The number of hydrogen-bond donors (Lipinski definition) is 1. The summed E-state index contributed by atoms with van der Waals surface area (Å²) in [4.78, 5) is 29.7. The lowest BCUT2D eigenvalue weighted by atomic mass is 10.2. The van der Waals surface area contributed by atoms with Gasteiger partial charge in [-0.25, -0.2) is 9.78 Å². The normalized spacial score (nSPS) is 10.4. The van der Waals surface area contributed by atoms with E-state index in [1.54, 1.807) is 12.1 Å². The number of carbonyl (C=O) groups is 1. The predicted octanol–water partition coefficient (Wildman–Crippen LogP) is 1.36. The number of rotatable bonds is 1. The third kappa shape index (κ3) is 1.65. The van der Waals surface area contributed by atoms with Crippen LogP contribution in [-0.2, 0) is 4.74 Å². The fraction of sp³-hybridized carbons (Fsp3) is 0.100. The highest BCUT2D eigenvalue weighted by Gasteiger charge is 2.13. The lowest BCUT2D eigenvalue weighted by Crippen LogP contribution is -2.17. The van der Waals surface area contributed by atoms with Crippen molar-refractivity contribution >= 4 is 28.6 Å². The Hall–Kier alpha value is -1.88. The van der Waals surface area contributed by atoms with Gasteiger partial charge in [-0.1, -0.05) is 11.6 Å². The first-order valence-corrected chi connectivity index (χ1v) is 4.77. The molecule has 0 fully saturated rings. The summed E-state index contributed by atoms with van der Waals surface area (Å²) in [6.07, 6.45) is 1.30. The predicted molar refractivity (Wildman–Crippen MR) is 58.7 cm³/mol. The van der Waals surface area contributed by atoms with Gasteiger partial charge in [0.2, 0.25) is 5.43 Å². The van der Waals surface area contributed by atoms with Crippen LogP contribution in [0.2, 0.25) is 5.15 Å². The topological polar surface area (TPSA) is 72.1 Å². The minimum Gasteiger partial charge on any atom is -0.465 e. The van der Waals surface area contributed by atoms with E-state index < -0.39 is 11.4 Å². The van der Waals surface area contributed by atoms with Gasteiger partial charge < -0.3 is 9.72 Å². The van der Waals surface area contributed by atoms with Crippen molar-refractivity contribution in [1.82, 2.24) is 9.97 Å². The van der Waals surface area contributed by atoms with Gasteiger partial charge in [-0.3, -0.25) is 4.79 Å². The van der Waals surface area contributed by atoms with Crippen LogP contribution in [0.25, 0.3) is 11.0 Å². The number of nitrogens with one attached hydrogen (secondary N) is 1. The number of methoxy groups -OCH3 is 1. The van der Waals surface area contributed by atoms with Crippen LogP contribution in [0.4, 0.5) is 0 Å². The molecule has 0 amide bonds. The van der Waals surface area contributed by atoms with Gasteiger partial charge in [0.05, 0.1) is 12.6 Å². The summed E-state index contributed by atoms with van der Waals surface area (Å²) in [6, 6.07) is 3.17. The number of aromatic amines is 1. The molecule has 1 N–H and O–H groups in total. The van der Waals surface area contributed by atoms with Crippen LogP contribution in [0.1, 0.15) is 10.4 Å². The zero-order valence-electron chi connectivity index (χ0n) is 8.28. The quantitative estimate of drug-likeness (QED) is 0.602. The first kappa shape index (κ1) is 10.6. The molecule has 0 saturated heterocycles. The van der Waals surface area contributed by atoms with Crippen molar-refractivity contribution in [3.8, 4) is 0 Å². The molecule has 0 atom stereocenters. The maximum atomic E-state index is 11.8. The van der Waals surface area contributed by atoms with Gasteiger partial charge in [-0.05, 0) is 12.1 Å². The van der Waals surface area contributed by atoms with Crippen molar-refractivity contribution in [2.75, 3.05) is 7.11 Å². The average molecular weight is 239 g/mol. The molecule has 0 aromatic carbocycles.